The number of hydrogen-bond acceptors (Lipinski definition) is 0. The van der Waals surface area contributed by atoms with Crippen LogP contribution in [0.15, 0.2) is 72.9 Å². The first-order valence-electron chi connectivity index (χ1n) is 10.6. The van der Waals surface area contributed by atoms with E-state index in [0.717, 1.165) is 0 Å². The van der Waals surface area contributed by atoms with E-state index in [0.29, 0.717) is 59.2 Å². The highest BCUT2D eigenvalue weighted by Crippen LogP contribution is 2.52. The molecule has 8 atom stereocenters. The molecule has 0 saturated heterocycles. The van der Waals surface area contributed by atoms with Crippen LogP contribution in [0.1, 0.15) is 27.7 Å². The molecular formula is C26H34. The van der Waals surface area contributed by atoms with E-state index < -0.39 is 0 Å². The SMILES string of the molecule is CC1C=CC(C)C2C=CC=CC1C2C1C2C=CC=CC1C(C)C=CC2C. The molecule has 0 radical (unpaired) electrons. The summed E-state index contributed by atoms with van der Waals surface area (Å²) in [5.41, 5.74) is 0. The summed E-state index contributed by atoms with van der Waals surface area (Å²) in [4.78, 5) is 0. The second-order valence-corrected chi connectivity index (χ2v) is 9.21. The molecule has 0 aromatic carbocycles. The Morgan fingerprint density at radius 3 is 0.808 bits per heavy atom. The molecule has 138 valence electrons. The van der Waals surface area contributed by atoms with Crippen molar-refractivity contribution in [1.29, 1.82) is 0 Å². The topological polar surface area (TPSA) is 0 Å². The minimum atomic E-state index is 0.612. The van der Waals surface area contributed by atoms with E-state index in [2.05, 4.69) is 101 Å². The van der Waals surface area contributed by atoms with Crippen LogP contribution in [0, 0.1) is 59.2 Å². The van der Waals surface area contributed by atoms with Crippen LogP contribution >= 0.6 is 0 Å². The number of fused-ring (bicyclic) bond motifs is 5. The quantitative estimate of drug-likeness (QED) is 0.468. The van der Waals surface area contributed by atoms with Gasteiger partial charge in [0.2, 0.25) is 0 Å². The van der Waals surface area contributed by atoms with Gasteiger partial charge in [0.05, 0.1) is 0 Å². The molecule has 0 N–H and O–H groups in total. The van der Waals surface area contributed by atoms with E-state index >= 15 is 0 Å². The monoisotopic (exact) mass is 346 g/mol. The van der Waals surface area contributed by atoms with Crippen LogP contribution in [-0.4, -0.2) is 0 Å². The van der Waals surface area contributed by atoms with Gasteiger partial charge in [0, 0.05) is 0 Å². The Morgan fingerprint density at radius 2 is 0.577 bits per heavy atom. The van der Waals surface area contributed by atoms with Gasteiger partial charge < -0.3 is 0 Å². The zero-order valence-corrected chi connectivity index (χ0v) is 16.7. The molecule has 4 aliphatic carbocycles. The predicted octanol–water partition coefficient (Wildman–Crippen LogP) is 6.62. The molecule has 0 heteroatoms. The molecule has 26 heavy (non-hydrogen) atoms. The molecule has 4 bridgehead atoms. The van der Waals surface area contributed by atoms with Gasteiger partial charge in [-0.25, -0.2) is 0 Å². The van der Waals surface area contributed by atoms with Crippen molar-refractivity contribution >= 4 is 0 Å². The maximum absolute atomic E-state index is 2.52. The Labute approximate surface area is 160 Å². The molecule has 0 saturated carbocycles. The van der Waals surface area contributed by atoms with Gasteiger partial charge in [-0.3, -0.25) is 0 Å². The van der Waals surface area contributed by atoms with Crippen molar-refractivity contribution in [1.82, 2.24) is 0 Å². The van der Waals surface area contributed by atoms with Gasteiger partial charge in [-0.05, 0) is 59.2 Å². The van der Waals surface area contributed by atoms with Crippen molar-refractivity contribution in [2.45, 2.75) is 27.7 Å². The third-order valence-electron chi connectivity index (χ3n) is 7.64. The van der Waals surface area contributed by atoms with Crippen LogP contribution in [0.5, 0.6) is 0 Å². The summed E-state index contributed by atoms with van der Waals surface area (Å²) in [7, 11) is 0. The fraction of sp³-hybridized carbons (Fsp3) is 0.538. The van der Waals surface area contributed by atoms with Crippen LogP contribution in [0.2, 0.25) is 0 Å². The van der Waals surface area contributed by atoms with Gasteiger partial charge in [-0.15, -0.1) is 0 Å². The molecule has 0 nitrogen and oxygen atoms in total. The Kier molecular flexibility index (Phi) is 4.95. The van der Waals surface area contributed by atoms with Crippen molar-refractivity contribution in [2.75, 3.05) is 0 Å². The van der Waals surface area contributed by atoms with Gasteiger partial charge >= 0.3 is 0 Å². The predicted molar refractivity (Wildman–Crippen MR) is 112 cm³/mol. The highest BCUT2D eigenvalue weighted by molar-refractivity contribution is 5.25. The molecule has 0 amide bonds. The third-order valence-corrected chi connectivity index (χ3v) is 7.64. The average Bonchev–Trinajstić information content (AvgIpc) is 3.06. The summed E-state index contributed by atoms with van der Waals surface area (Å²) in [5, 5.41) is 0. The molecule has 0 fully saturated rings. The Hall–Kier alpha value is -1.56. The van der Waals surface area contributed by atoms with Crippen molar-refractivity contribution < 1.29 is 0 Å². The molecule has 4 aliphatic rings. The molecule has 0 aromatic rings. The first kappa shape index (κ1) is 17.8. The summed E-state index contributed by atoms with van der Waals surface area (Å²) in [5.74, 6) is 6.34. The fourth-order valence-electron chi connectivity index (χ4n) is 6.14. The molecule has 4 rings (SSSR count). The summed E-state index contributed by atoms with van der Waals surface area (Å²) >= 11 is 0. The minimum Gasteiger partial charge on any atom is -0.0848 e. The van der Waals surface area contributed by atoms with Gasteiger partial charge in [0.15, 0.2) is 0 Å². The summed E-state index contributed by atoms with van der Waals surface area (Å²) in [6.45, 7) is 9.71. The van der Waals surface area contributed by atoms with Crippen molar-refractivity contribution in [2.24, 2.45) is 59.2 Å². The molecule has 8 unspecified atom stereocenters. The van der Waals surface area contributed by atoms with Crippen LogP contribution in [0.3, 0.4) is 0 Å². The summed E-state index contributed by atoms with van der Waals surface area (Å²) in [6.07, 6.45) is 29.3. The molecule has 0 aliphatic heterocycles. The average molecular weight is 347 g/mol. The minimum absolute atomic E-state index is 0.612. The lowest BCUT2D eigenvalue weighted by Crippen LogP contribution is -2.41. The van der Waals surface area contributed by atoms with Crippen molar-refractivity contribution in [3.8, 4) is 0 Å². The molecule has 0 aromatic heterocycles. The van der Waals surface area contributed by atoms with Gasteiger partial charge in [-0.2, -0.15) is 0 Å². The van der Waals surface area contributed by atoms with E-state index in [4.69, 9.17) is 0 Å². The van der Waals surface area contributed by atoms with Gasteiger partial charge in [0.1, 0.15) is 0 Å². The maximum Gasteiger partial charge on any atom is -0.0133 e. The smallest absolute Gasteiger partial charge is 0.0133 e. The molecular weight excluding hydrogens is 312 g/mol. The lowest BCUT2D eigenvalue weighted by atomic mass is 9.58. The van der Waals surface area contributed by atoms with E-state index in [-0.39, 0.29) is 0 Å². The van der Waals surface area contributed by atoms with Crippen LogP contribution < -0.4 is 0 Å². The summed E-state index contributed by atoms with van der Waals surface area (Å²) in [6, 6.07) is 0. The summed E-state index contributed by atoms with van der Waals surface area (Å²) < 4.78 is 0. The zero-order chi connectivity index (χ0) is 18.3. The highest BCUT2D eigenvalue weighted by Gasteiger charge is 2.47. The second-order valence-electron chi connectivity index (χ2n) is 9.21. The Bertz CT molecular complexity index is 569. The number of rotatable bonds is 1. The van der Waals surface area contributed by atoms with E-state index in [1.165, 1.54) is 0 Å². The van der Waals surface area contributed by atoms with E-state index in [9.17, 15) is 0 Å². The van der Waals surface area contributed by atoms with Crippen LogP contribution in [0.25, 0.3) is 0 Å². The normalized spacial score (nSPS) is 49.4. The lowest BCUT2D eigenvalue weighted by molar-refractivity contribution is 0.0756. The number of hydrogen-bond donors (Lipinski definition) is 0. The van der Waals surface area contributed by atoms with E-state index in [1.807, 2.05) is 0 Å². The first-order valence-corrected chi connectivity index (χ1v) is 10.6. The standard InChI is InChI=1S/C26H34/c1-17-13-14-18(2)22-10-6-5-9-21(17)25(22)26-23-11-7-8-12-24(26)20(4)16-15-19(23)3/h5-26H,1-4H3. The molecule has 0 heterocycles. The number of allylic oxidation sites excluding steroid dienone is 12. The van der Waals surface area contributed by atoms with Gasteiger partial charge in [-0.1, -0.05) is 101 Å². The molecule has 0 spiro atoms. The van der Waals surface area contributed by atoms with Crippen LogP contribution in [0.4, 0.5) is 0 Å². The Balaban J connectivity index is 1.85. The third kappa shape index (κ3) is 3.02. The van der Waals surface area contributed by atoms with Crippen LogP contribution in [-0.2, 0) is 0 Å². The first-order chi connectivity index (χ1) is 12.6. The van der Waals surface area contributed by atoms with Crippen molar-refractivity contribution in [3.63, 3.8) is 0 Å². The zero-order valence-electron chi connectivity index (χ0n) is 16.7. The van der Waals surface area contributed by atoms with Gasteiger partial charge in [0.25, 0.3) is 0 Å². The largest absolute Gasteiger partial charge is 0.0848 e. The maximum atomic E-state index is 2.52. The van der Waals surface area contributed by atoms with E-state index in [1.54, 1.807) is 0 Å². The second kappa shape index (κ2) is 7.22. The lowest BCUT2D eigenvalue weighted by Gasteiger charge is -2.45. The van der Waals surface area contributed by atoms with Crippen molar-refractivity contribution in [3.05, 3.63) is 72.9 Å². The fourth-order valence-corrected chi connectivity index (χ4v) is 6.14. The highest BCUT2D eigenvalue weighted by atomic mass is 14.5. The Morgan fingerprint density at radius 1 is 0.346 bits per heavy atom.